The third kappa shape index (κ3) is 3.19. The molecule has 0 unspecified atom stereocenters. The monoisotopic (exact) mass is 393 g/mol. The number of rotatable bonds is 3. The van der Waals surface area contributed by atoms with E-state index >= 15 is 0 Å². The number of halogens is 1. The molecule has 2 aromatic carbocycles. The highest BCUT2D eigenvalue weighted by atomic mass is 79.9. The third-order valence-corrected chi connectivity index (χ3v) is 4.31. The van der Waals surface area contributed by atoms with Crippen molar-refractivity contribution in [1.29, 1.82) is 0 Å². The first-order valence-electron chi connectivity index (χ1n) is 7.63. The number of furan rings is 1. The fourth-order valence-electron chi connectivity index (χ4n) is 2.56. The summed E-state index contributed by atoms with van der Waals surface area (Å²) in [4.78, 5) is 16.9. The fourth-order valence-corrected chi connectivity index (χ4v) is 2.82. The average molecular weight is 394 g/mol. The van der Waals surface area contributed by atoms with E-state index in [-0.39, 0.29) is 0 Å². The van der Waals surface area contributed by atoms with Crippen LogP contribution in [0.2, 0.25) is 0 Å². The molecule has 25 heavy (non-hydrogen) atoms. The summed E-state index contributed by atoms with van der Waals surface area (Å²) in [6, 6.07) is 20.9. The Balaban J connectivity index is 1.67. The highest BCUT2D eigenvalue weighted by molar-refractivity contribution is 9.10. The summed E-state index contributed by atoms with van der Waals surface area (Å²) < 4.78 is 6.85. The summed E-state index contributed by atoms with van der Waals surface area (Å²) in [6.45, 7) is 0. The lowest BCUT2D eigenvalue weighted by Crippen LogP contribution is -2.06. The maximum atomic E-state index is 12.0. The van der Waals surface area contributed by atoms with Crippen LogP contribution in [0.3, 0.4) is 0 Å². The van der Waals surface area contributed by atoms with Gasteiger partial charge in [0.05, 0.1) is 5.57 Å². The van der Waals surface area contributed by atoms with Crippen LogP contribution in [-0.2, 0) is 9.63 Å². The van der Waals surface area contributed by atoms with Crippen LogP contribution in [0.4, 0.5) is 0 Å². The van der Waals surface area contributed by atoms with Gasteiger partial charge in [-0.1, -0.05) is 63.6 Å². The molecule has 1 aromatic heterocycles. The Bertz CT molecular complexity index is 985. The molecule has 0 spiro atoms. The highest BCUT2D eigenvalue weighted by Gasteiger charge is 2.27. The van der Waals surface area contributed by atoms with Gasteiger partial charge in [-0.05, 0) is 30.3 Å². The lowest BCUT2D eigenvalue weighted by Gasteiger charge is -1.99. The number of oxime groups is 1. The summed E-state index contributed by atoms with van der Waals surface area (Å²) in [7, 11) is 0. The second kappa shape index (κ2) is 6.53. The minimum atomic E-state index is -0.486. The molecule has 2 heterocycles. The van der Waals surface area contributed by atoms with E-state index in [1.165, 1.54) is 0 Å². The summed E-state index contributed by atoms with van der Waals surface area (Å²) in [5.41, 5.74) is 2.66. The fraction of sp³-hybridized carbons (Fsp3) is 0. The molecule has 122 valence electrons. The molecule has 0 atom stereocenters. The SMILES string of the molecule is O=C1ON=C(c2ccccc2)C1=Cc1ccc(-c2ccc(Br)cc2)o1. The molecule has 4 nitrogen and oxygen atoms in total. The lowest BCUT2D eigenvalue weighted by molar-refractivity contribution is -0.136. The topological polar surface area (TPSA) is 51.8 Å². The van der Waals surface area contributed by atoms with E-state index in [1.54, 1.807) is 6.08 Å². The Kier molecular flexibility index (Phi) is 4.07. The zero-order valence-corrected chi connectivity index (χ0v) is 14.6. The molecule has 4 rings (SSSR count). The van der Waals surface area contributed by atoms with Gasteiger partial charge in [0.1, 0.15) is 17.2 Å². The van der Waals surface area contributed by atoms with Crippen LogP contribution in [0, 0.1) is 0 Å². The Morgan fingerprint density at radius 1 is 0.880 bits per heavy atom. The second-order valence-corrected chi connectivity index (χ2v) is 6.37. The second-order valence-electron chi connectivity index (χ2n) is 5.45. The Labute approximate surface area is 152 Å². The van der Waals surface area contributed by atoms with Crippen molar-refractivity contribution in [3.8, 4) is 11.3 Å². The van der Waals surface area contributed by atoms with Gasteiger partial charge >= 0.3 is 5.97 Å². The van der Waals surface area contributed by atoms with E-state index in [2.05, 4.69) is 21.1 Å². The number of carbonyl (C=O) groups is 1. The number of benzene rings is 2. The summed E-state index contributed by atoms with van der Waals surface area (Å²) in [5, 5.41) is 3.89. The molecule has 0 aliphatic carbocycles. The Morgan fingerprint density at radius 3 is 2.40 bits per heavy atom. The molecule has 0 bridgehead atoms. The predicted molar refractivity (Wildman–Crippen MR) is 98.9 cm³/mol. The van der Waals surface area contributed by atoms with Crippen LogP contribution in [0.5, 0.6) is 0 Å². The minimum Gasteiger partial charge on any atom is -0.457 e. The average Bonchev–Trinajstić information content (AvgIpc) is 3.24. The van der Waals surface area contributed by atoms with Crippen molar-refractivity contribution in [2.45, 2.75) is 0 Å². The van der Waals surface area contributed by atoms with Crippen molar-refractivity contribution in [1.82, 2.24) is 0 Å². The molecule has 1 aliphatic rings. The van der Waals surface area contributed by atoms with Gasteiger partial charge in [0.2, 0.25) is 0 Å². The summed E-state index contributed by atoms with van der Waals surface area (Å²) >= 11 is 3.41. The smallest absolute Gasteiger partial charge is 0.368 e. The first-order valence-corrected chi connectivity index (χ1v) is 8.42. The molecule has 0 radical (unpaired) electrons. The normalized spacial score (nSPS) is 15.3. The quantitative estimate of drug-likeness (QED) is 0.461. The van der Waals surface area contributed by atoms with Crippen molar-refractivity contribution in [3.05, 3.63) is 88.1 Å². The first-order chi connectivity index (χ1) is 12.2. The predicted octanol–water partition coefficient (Wildman–Crippen LogP) is 5.05. The minimum absolute atomic E-state index is 0.378. The van der Waals surface area contributed by atoms with E-state index in [0.717, 1.165) is 21.4 Å². The maximum Gasteiger partial charge on any atom is 0.368 e. The van der Waals surface area contributed by atoms with Crippen LogP contribution in [0.25, 0.3) is 17.4 Å². The molecule has 0 N–H and O–H groups in total. The number of nitrogens with zero attached hydrogens (tertiary/aromatic N) is 1. The van der Waals surface area contributed by atoms with Gasteiger partial charge in [-0.15, -0.1) is 0 Å². The van der Waals surface area contributed by atoms with Crippen molar-refractivity contribution in [2.75, 3.05) is 0 Å². The molecule has 0 saturated heterocycles. The Morgan fingerprint density at radius 2 is 1.64 bits per heavy atom. The van der Waals surface area contributed by atoms with Crippen LogP contribution >= 0.6 is 15.9 Å². The number of hydrogen-bond donors (Lipinski definition) is 0. The first kappa shape index (κ1) is 15.6. The zero-order chi connectivity index (χ0) is 17.2. The van der Waals surface area contributed by atoms with Gasteiger partial charge in [0.15, 0.2) is 0 Å². The molecule has 5 heteroatoms. The summed E-state index contributed by atoms with van der Waals surface area (Å²) in [5.74, 6) is 0.805. The van der Waals surface area contributed by atoms with E-state index in [0.29, 0.717) is 17.0 Å². The molecule has 0 saturated carbocycles. The van der Waals surface area contributed by atoms with Gasteiger partial charge < -0.3 is 9.25 Å². The van der Waals surface area contributed by atoms with Crippen LogP contribution in [0.1, 0.15) is 11.3 Å². The summed E-state index contributed by atoms with van der Waals surface area (Å²) in [6.07, 6.45) is 1.66. The highest BCUT2D eigenvalue weighted by Crippen LogP contribution is 2.26. The molecule has 1 aliphatic heterocycles. The Hall–Kier alpha value is -2.92. The van der Waals surface area contributed by atoms with E-state index < -0.39 is 5.97 Å². The van der Waals surface area contributed by atoms with Crippen molar-refractivity contribution >= 4 is 33.7 Å². The van der Waals surface area contributed by atoms with Gasteiger partial charge in [-0.2, -0.15) is 0 Å². The number of carbonyl (C=O) groups excluding carboxylic acids is 1. The zero-order valence-electron chi connectivity index (χ0n) is 13.0. The van der Waals surface area contributed by atoms with E-state index in [4.69, 9.17) is 9.25 Å². The van der Waals surface area contributed by atoms with Gasteiger partial charge in [-0.3, -0.25) is 0 Å². The van der Waals surface area contributed by atoms with Gasteiger partial charge in [-0.25, -0.2) is 4.79 Å². The molecule has 3 aromatic rings. The number of hydrogen-bond acceptors (Lipinski definition) is 4. The van der Waals surface area contributed by atoms with Crippen molar-refractivity contribution in [2.24, 2.45) is 5.16 Å². The van der Waals surface area contributed by atoms with Gasteiger partial charge in [0.25, 0.3) is 0 Å². The van der Waals surface area contributed by atoms with Crippen LogP contribution < -0.4 is 0 Å². The molecular formula is C20H12BrNO3. The third-order valence-electron chi connectivity index (χ3n) is 3.78. The molecule has 0 fully saturated rings. The van der Waals surface area contributed by atoms with Crippen molar-refractivity contribution in [3.63, 3.8) is 0 Å². The van der Waals surface area contributed by atoms with E-state index in [9.17, 15) is 4.79 Å². The van der Waals surface area contributed by atoms with Crippen LogP contribution in [-0.4, -0.2) is 11.7 Å². The van der Waals surface area contributed by atoms with E-state index in [1.807, 2.05) is 66.7 Å². The lowest BCUT2D eigenvalue weighted by atomic mass is 10.0. The maximum absolute atomic E-state index is 12.0. The standard InChI is InChI=1S/C20H12BrNO3/c21-15-8-6-13(7-9-15)18-11-10-16(24-18)12-17-19(22-25-20(17)23)14-4-2-1-3-5-14/h1-12H. The van der Waals surface area contributed by atoms with Gasteiger partial charge in [0, 0.05) is 15.6 Å². The largest absolute Gasteiger partial charge is 0.457 e. The van der Waals surface area contributed by atoms with Crippen molar-refractivity contribution < 1.29 is 14.0 Å². The van der Waals surface area contributed by atoms with Crippen LogP contribution in [0.15, 0.2) is 86.3 Å². The molecule has 0 amide bonds. The molecular weight excluding hydrogens is 382 g/mol.